The second-order valence-corrected chi connectivity index (χ2v) is 14.8. The number of fused-ring (bicyclic) bond motifs is 1. The summed E-state index contributed by atoms with van der Waals surface area (Å²) in [7, 11) is -6.52. The molecule has 12 nitrogen and oxygen atoms in total. The summed E-state index contributed by atoms with van der Waals surface area (Å²) in [5.74, 6) is -0.216. The Labute approximate surface area is 256 Å². The Morgan fingerprint density at radius 1 is 1.16 bits per heavy atom. The molecule has 1 aliphatic rings. The van der Waals surface area contributed by atoms with E-state index in [-0.39, 0.29) is 64.9 Å². The minimum absolute atomic E-state index is 0.0540. The number of halogens is 1. The van der Waals surface area contributed by atoms with E-state index in [4.69, 9.17) is 20.9 Å². The highest BCUT2D eigenvalue weighted by atomic mass is 35.5. The molecule has 1 amide bonds. The number of carbonyl (C=O) groups is 1. The third-order valence-corrected chi connectivity index (χ3v) is 11.1. The van der Waals surface area contributed by atoms with Crippen LogP contribution in [0.3, 0.4) is 0 Å². The molecule has 0 spiro atoms. The lowest BCUT2D eigenvalue weighted by atomic mass is 10.0. The van der Waals surface area contributed by atoms with Gasteiger partial charge in [0, 0.05) is 35.8 Å². The van der Waals surface area contributed by atoms with Crippen LogP contribution in [0.4, 0.5) is 5.69 Å². The summed E-state index contributed by atoms with van der Waals surface area (Å²) >= 11 is 5.94. The van der Waals surface area contributed by atoms with Gasteiger partial charge in [-0.15, -0.1) is 0 Å². The molecule has 15 heteroatoms. The summed E-state index contributed by atoms with van der Waals surface area (Å²) in [6, 6.07) is 9.87. The predicted molar refractivity (Wildman–Crippen MR) is 160 cm³/mol. The Hall–Kier alpha value is -3.17. The highest BCUT2D eigenvalue weighted by Crippen LogP contribution is 2.31. The van der Waals surface area contributed by atoms with Crippen molar-refractivity contribution in [1.29, 1.82) is 0 Å². The number of ether oxygens (including phenoxy) is 1. The number of carbonyl (C=O) groups excluding carboxylic acids is 1. The van der Waals surface area contributed by atoms with Crippen LogP contribution in [0.2, 0.25) is 5.02 Å². The van der Waals surface area contributed by atoms with Crippen molar-refractivity contribution in [3.63, 3.8) is 0 Å². The molecule has 0 saturated carbocycles. The van der Waals surface area contributed by atoms with Gasteiger partial charge >= 0.3 is 0 Å². The molecule has 3 atom stereocenters. The van der Waals surface area contributed by atoms with Crippen LogP contribution in [-0.4, -0.2) is 81.1 Å². The molecule has 1 aliphatic heterocycles. The first kappa shape index (κ1) is 32.7. The minimum atomic E-state index is -4.06. The average Bonchev–Trinajstić information content (AvgIpc) is 3.31. The van der Waals surface area contributed by atoms with E-state index in [0.29, 0.717) is 16.3 Å². The van der Waals surface area contributed by atoms with E-state index in [1.807, 2.05) is 6.92 Å². The van der Waals surface area contributed by atoms with Gasteiger partial charge in [-0.25, -0.2) is 16.8 Å². The minimum Gasteiger partial charge on any atom is -0.488 e. The molecule has 0 fully saturated rings. The first-order chi connectivity index (χ1) is 20.1. The number of aryl methyl sites for hydroxylation is 2. The number of rotatable bonds is 9. The maximum absolute atomic E-state index is 13.5. The molecule has 0 unspecified atom stereocenters. The van der Waals surface area contributed by atoms with Crippen LogP contribution in [0.25, 0.3) is 0 Å². The lowest BCUT2D eigenvalue weighted by molar-refractivity contribution is -0.134. The topological polar surface area (TPSA) is 159 Å². The van der Waals surface area contributed by atoms with Crippen LogP contribution in [0.15, 0.2) is 56.8 Å². The smallest absolute Gasteiger partial charge is 0.267 e. The normalized spacial score (nSPS) is 18.8. The SMILES string of the molecule is Cc1noc(C)c1S(=O)(=O)Nc1ccc2c(c1)CC(=O)N([C@H](C)CO)C[C@@H](C)[C@H](CN(C)S(=O)(=O)c1ccc(Cl)cc1)O2. The molecule has 2 N–H and O–H groups in total. The first-order valence-electron chi connectivity index (χ1n) is 13.5. The van der Waals surface area contributed by atoms with E-state index < -0.39 is 32.2 Å². The molecular formula is C28H35ClN4O8S2. The summed E-state index contributed by atoms with van der Waals surface area (Å²) in [4.78, 5) is 15.0. The zero-order valence-corrected chi connectivity index (χ0v) is 26.8. The number of benzene rings is 2. The number of aromatic nitrogens is 1. The van der Waals surface area contributed by atoms with Gasteiger partial charge in [0.05, 0.1) is 30.5 Å². The monoisotopic (exact) mass is 654 g/mol. The van der Waals surface area contributed by atoms with Crippen molar-refractivity contribution in [2.24, 2.45) is 5.92 Å². The third kappa shape index (κ3) is 7.15. The Morgan fingerprint density at radius 2 is 1.84 bits per heavy atom. The van der Waals surface area contributed by atoms with Crippen LogP contribution in [0.5, 0.6) is 5.75 Å². The first-order valence-corrected chi connectivity index (χ1v) is 16.8. The van der Waals surface area contributed by atoms with Crippen LogP contribution < -0.4 is 9.46 Å². The molecule has 0 radical (unpaired) electrons. The van der Waals surface area contributed by atoms with Gasteiger partial charge in [0.2, 0.25) is 15.9 Å². The fraction of sp³-hybridized carbons (Fsp3) is 0.429. The third-order valence-electron chi connectivity index (χ3n) is 7.36. The van der Waals surface area contributed by atoms with Crippen LogP contribution in [0, 0.1) is 19.8 Å². The van der Waals surface area contributed by atoms with E-state index in [0.717, 1.165) is 0 Å². The van der Waals surface area contributed by atoms with Gasteiger partial charge < -0.3 is 19.3 Å². The van der Waals surface area contributed by atoms with E-state index >= 15 is 0 Å². The van der Waals surface area contributed by atoms with Crippen molar-refractivity contribution in [2.75, 3.05) is 31.5 Å². The number of sulfonamides is 2. The Kier molecular flexibility index (Phi) is 9.76. The maximum Gasteiger partial charge on any atom is 0.267 e. The van der Waals surface area contributed by atoms with Crippen molar-refractivity contribution >= 4 is 43.2 Å². The van der Waals surface area contributed by atoms with Crippen molar-refractivity contribution in [3.05, 3.63) is 64.5 Å². The number of anilines is 1. The van der Waals surface area contributed by atoms with Gasteiger partial charge in [-0.05, 0) is 63.2 Å². The van der Waals surface area contributed by atoms with E-state index in [2.05, 4.69) is 9.88 Å². The fourth-order valence-electron chi connectivity index (χ4n) is 4.91. The van der Waals surface area contributed by atoms with E-state index in [1.54, 1.807) is 13.0 Å². The lowest BCUT2D eigenvalue weighted by Crippen LogP contribution is -2.48. The molecule has 234 valence electrons. The molecule has 2 heterocycles. The summed E-state index contributed by atoms with van der Waals surface area (Å²) in [5, 5.41) is 14.0. The second kappa shape index (κ2) is 12.8. The number of nitrogens with zero attached hydrogens (tertiary/aromatic N) is 3. The van der Waals surface area contributed by atoms with Crippen molar-refractivity contribution in [1.82, 2.24) is 14.4 Å². The highest BCUT2D eigenvalue weighted by Gasteiger charge is 2.34. The molecule has 2 aromatic carbocycles. The quantitative estimate of drug-likeness (QED) is 0.353. The van der Waals surface area contributed by atoms with Gasteiger partial charge in [-0.2, -0.15) is 4.31 Å². The van der Waals surface area contributed by atoms with Gasteiger partial charge in [-0.3, -0.25) is 9.52 Å². The van der Waals surface area contributed by atoms with Crippen LogP contribution in [0.1, 0.15) is 30.9 Å². The van der Waals surface area contributed by atoms with Crippen LogP contribution >= 0.6 is 11.6 Å². The zero-order valence-electron chi connectivity index (χ0n) is 24.4. The number of nitrogens with one attached hydrogen (secondary N) is 1. The number of amides is 1. The lowest BCUT2D eigenvalue weighted by Gasteiger charge is -2.33. The number of aliphatic hydroxyl groups is 1. The molecular weight excluding hydrogens is 620 g/mol. The Balaban J connectivity index is 1.69. The summed E-state index contributed by atoms with van der Waals surface area (Å²) in [6.07, 6.45) is -0.853. The molecule has 3 aromatic rings. The average molecular weight is 655 g/mol. The molecule has 0 aliphatic carbocycles. The molecule has 4 rings (SSSR count). The highest BCUT2D eigenvalue weighted by molar-refractivity contribution is 7.92. The zero-order chi connectivity index (χ0) is 31.7. The summed E-state index contributed by atoms with van der Waals surface area (Å²) in [6.45, 7) is 6.43. The number of likely N-dealkylation sites (N-methyl/N-ethyl adjacent to an activating group) is 1. The van der Waals surface area contributed by atoms with Gasteiger partial charge in [-0.1, -0.05) is 23.7 Å². The van der Waals surface area contributed by atoms with Gasteiger partial charge in [0.25, 0.3) is 10.0 Å². The summed E-state index contributed by atoms with van der Waals surface area (Å²) in [5.41, 5.74) is 0.777. The summed E-state index contributed by atoms with van der Waals surface area (Å²) < 4.78 is 68.0. The second-order valence-electron chi connectivity index (χ2n) is 10.7. The molecule has 0 bridgehead atoms. The van der Waals surface area contributed by atoms with E-state index in [1.165, 1.54) is 66.5 Å². The molecule has 1 aromatic heterocycles. The van der Waals surface area contributed by atoms with Crippen molar-refractivity contribution < 1.29 is 36.0 Å². The standard InChI is InChI=1S/C28H35ClN4O8S2/c1-17-14-33(18(2)16-34)27(35)13-21-12-23(31-42(36,37)28-19(3)30-41-20(28)4)8-11-25(21)40-26(17)15-32(5)43(38,39)24-9-6-22(29)7-10-24/h6-12,17-18,26,31,34H,13-16H2,1-5H3/t17-,18-,26+/m1/s1. The fourth-order valence-corrected chi connectivity index (χ4v) is 7.60. The maximum atomic E-state index is 13.5. The van der Waals surface area contributed by atoms with Crippen molar-refractivity contribution in [2.45, 2.75) is 56.1 Å². The predicted octanol–water partition coefficient (Wildman–Crippen LogP) is 3.22. The molecule has 0 saturated heterocycles. The largest absolute Gasteiger partial charge is 0.488 e. The number of aliphatic hydroxyl groups excluding tert-OH is 1. The Bertz CT molecular complexity index is 1670. The van der Waals surface area contributed by atoms with Crippen molar-refractivity contribution in [3.8, 4) is 5.75 Å². The van der Waals surface area contributed by atoms with Gasteiger partial charge in [0.1, 0.15) is 17.5 Å². The number of hydrogen-bond acceptors (Lipinski definition) is 9. The Morgan fingerprint density at radius 3 is 2.44 bits per heavy atom. The van der Waals surface area contributed by atoms with E-state index in [9.17, 15) is 26.7 Å². The number of hydrogen-bond donors (Lipinski definition) is 2. The van der Waals surface area contributed by atoms with Gasteiger partial charge in [0.15, 0.2) is 10.7 Å². The molecule has 43 heavy (non-hydrogen) atoms. The van der Waals surface area contributed by atoms with Crippen LogP contribution in [-0.2, 0) is 31.3 Å².